The summed E-state index contributed by atoms with van der Waals surface area (Å²) in [4.78, 5) is 0. The maximum absolute atomic E-state index is 5.47. The molecule has 10 heavy (non-hydrogen) atoms. The Morgan fingerprint density at radius 1 is 1.50 bits per heavy atom. The first-order chi connectivity index (χ1) is 4.86. The van der Waals surface area contributed by atoms with Crippen LogP contribution >= 0.6 is 9.24 Å². The van der Waals surface area contributed by atoms with E-state index in [0.29, 0.717) is 17.8 Å². The van der Waals surface area contributed by atoms with Crippen LogP contribution < -0.4 is 10.9 Å². The minimum atomic E-state index is 0.355. The van der Waals surface area contributed by atoms with E-state index in [1.54, 1.807) is 0 Å². The molecule has 58 valence electrons. The van der Waals surface area contributed by atoms with Gasteiger partial charge in [-0.3, -0.25) is 10.9 Å². The van der Waals surface area contributed by atoms with E-state index in [1.807, 2.05) is 0 Å². The van der Waals surface area contributed by atoms with E-state index in [1.165, 1.54) is 0 Å². The molecule has 4 atom stereocenters. The van der Waals surface area contributed by atoms with Crippen LogP contribution in [0.5, 0.6) is 0 Å². The van der Waals surface area contributed by atoms with Crippen molar-refractivity contribution >= 4 is 9.24 Å². The zero-order valence-corrected chi connectivity index (χ0v) is 6.99. The standard InChI is InChI=1S/C6H13N2OP/c10-6-1-5-4(3-9-6)2-7-8-5/h4-8H,1-3,10H2. The van der Waals surface area contributed by atoms with Gasteiger partial charge in [0.15, 0.2) is 0 Å². The van der Waals surface area contributed by atoms with Gasteiger partial charge in [0.1, 0.15) is 0 Å². The number of hydrogen-bond donors (Lipinski definition) is 2. The maximum Gasteiger partial charge on any atom is 0.0724 e. The van der Waals surface area contributed by atoms with Gasteiger partial charge in [-0.1, -0.05) is 0 Å². The maximum atomic E-state index is 5.47. The molecule has 2 N–H and O–H groups in total. The van der Waals surface area contributed by atoms with Gasteiger partial charge in [0.2, 0.25) is 0 Å². The predicted molar refractivity (Wildman–Crippen MR) is 42.5 cm³/mol. The van der Waals surface area contributed by atoms with Crippen molar-refractivity contribution in [1.82, 2.24) is 10.9 Å². The summed E-state index contributed by atoms with van der Waals surface area (Å²) in [5.74, 6) is 1.05. The summed E-state index contributed by atoms with van der Waals surface area (Å²) in [6, 6.07) is 0.635. The quantitative estimate of drug-likeness (QED) is 0.477. The van der Waals surface area contributed by atoms with E-state index in [4.69, 9.17) is 4.74 Å². The SMILES string of the molecule is PC1CC2NNCC2CO1. The highest BCUT2D eigenvalue weighted by molar-refractivity contribution is 7.17. The number of fused-ring (bicyclic) bond motifs is 1. The fraction of sp³-hybridized carbons (Fsp3) is 1.00. The number of rotatable bonds is 0. The van der Waals surface area contributed by atoms with Crippen molar-refractivity contribution in [3.63, 3.8) is 0 Å². The van der Waals surface area contributed by atoms with Gasteiger partial charge in [-0.2, -0.15) is 0 Å². The molecule has 3 nitrogen and oxygen atoms in total. The summed E-state index contributed by atoms with van der Waals surface area (Å²) in [6.07, 6.45) is 1.11. The third-order valence-electron chi connectivity index (χ3n) is 2.23. The van der Waals surface area contributed by atoms with Crippen LogP contribution in [0.15, 0.2) is 0 Å². The first kappa shape index (κ1) is 6.99. The molecule has 0 aliphatic carbocycles. The van der Waals surface area contributed by atoms with Gasteiger partial charge in [0.05, 0.1) is 12.5 Å². The summed E-state index contributed by atoms with van der Waals surface area (Å²) in [6.45, 7) is 1.96. The van der Waals surface area contributed by atoms with Crippen molar-refractivity contribution in [3.05, 3.63) is 0 Å². The monoisotopic (exact) mass is 160 g/mol. The molecule has 2 fully saturated rings. The van der Waals surface area contributed by atoms with Crippen molar-refractivity contribution in [2.45, 2.75) is 18.3 Å². The summed E-state index contributed by atoms with van der Waals surface area (Å²) < 4.78 is 5.47. The average molecular weight is 160 g/mol. The Labute approximate surface area is 63.1 Å². The van der Waals surface area contributed by atoms with Crippen LogP contribution in [0.2, 0.25) is 0 Å². The van der Waals surface area contributed by atoms with E-state index in [2.05, 4.69) is 20.1 Å². The second kappa shape index (κ2) is 2.74. The summed E-state index contributed by atoms with van der Waals surface area (Å²) in [7, 11) is 2.71. The molecule has 2 aliphatic rings. The molecule has 0 bridgehead atoms. The molecule has 0 amide bonds. The highest BCUT2D eigenvalue weighted by Crippen LogP contribution is 2.24. The van der Waals surface area contributed by atoms with E-state index in [0.717, 1.165) is 19.6 Å². The zero-order chi connectivity index (χ0) is 6.97. The number of nitrogens with one attached hydrogen (secondary N) is 2. The van der Waals surface area contributed by atoms with Crippen molar-refractivity contribution in [2.24, 2.45) is 5.92 Å². The van der Waals surface area contributed by atoms with Crippen molar-refractivity contribution in [2.75, 3.05) is 13.2 Å². The van der Waals surface area contributed by atoms with Crippen molar-refractivity contribution in [1.29, 1.82) is 0 Å². The lowest BCUT2D eigenvalue weighted by atomic mass is 9.98. The Morgan fingerprint density at radius 3 is 3.30 bits per heavy atom. The molecule has 0 aromatic heterocycles. The first-order valence-electron chi connectivity index (χ1n) is 3.72. The molecule has 0 aromatic carbocycles. The van der Waals surface area contributed by atoms with Crippen LogP contribution in [0.4, 0.5) is 0 Å². The fourth-order valence-corrected chi connectivity index (χ4v) is 1.98. The van der Waals surface area contributed by atoms with Crippen LogP contribution in [-0.4, -0.2) is 25.0 Å². The third-order valence-corrected chi connectivity index (χ3v) is 2.70. The largest absolute Gasteiger partial charge is 0.374 e. The molecule has 0 saturated carbocycles. The Bertz CT molecular complexity index is 133. The summed E-state index contributed by atoms with van der Waals surface area (Å²) >= 11 is 0. The number of hydrogen-bond acceptors (Lipinski definition) is 3. The van der Waals surface area contributed by atoms with Crippen LogP contribution in [0.25, 0.3) is 0 Å². The second-order valence-corrected chi connectivity index (χ2v) is 3.74. The molecule has 2 aliphatic heterocycles. The zero-order valence-electron chi connectivity index (χ0n) is 5.84. The molecule has 0 spiro atoms. The normalized spacial score (nSPS) is 47.1. The first-order valence-corrected chi connectivity index (χ1v) is 4.38. The molecule has 4 unspecified atom stereocenters. The van der Waals surface area contributed by atoms with Crippen LogP contribution in [0, 0.1) is 5.92 Å². The molecule has 2 saturated heterocycles. The van der Waals surface area contributed by atoms with Crippen LogP contribution in [-0.2, 0) is 4.74 Å². The smallest absolute Gasteiger partial charge is 0.0724 e. The molecule has 0 aromatic rings. The average Bonchev–Trinajstić information content (AvgIpc) is 2.33. The lowest BCUT2D eigenvalue weighted by molar-refractivity contribution is 0.0299. The molecular formula is C6H13N2OP. The summed E-state index contributed by atoms with van der Waals surface area (Å²) in [5.41, 5.74) is 6.39. The van der Waals surface area contributed by atoms with Crippen LogP contribution in [0.3, 0.4) is 0 Å². The van der Waals surface area contributed by atoms with E-state index in [9.17, 15) is 0 Å². The van der Waals surface area contributed by atoms with Gasteiger partial charge in [-0.05, 0) is 6.42 Å². The Kier molecular flexibility index (Phi) is 1.92. The number of hydrazine groups is 1. The highest BCUT2D eigenvalue weighted by atomic mass is 31.0. The van der Waals surface area contributed by atoms with Crippen LogP contribution in [0.1, 0.15) is 6.42 Å². The Balaban J connectivity index is 1.96. The molecule has 0 radical (unpaired) electrons. The molecule has 2 heterocycles. The third kappa shape index (κ3) is 1.19. The van der Waals surface area contributed by atoms with E-state index < -0.39 is 0 Å². The lowest BCUT2D eigenvalue weighted by Gasteiger charge is -2.28. The Morgan fingerprint density at radius 2 is 2.40 bits per heavy atom. The second-order valence-electron chi connectivity index (χ2n) is 3.00. The van der Waals surface area contributed by atoms with Crippen molar-refractivity contribution in [3.8, 4) is 0 Å². The van der Waals surface area contributed by atoms with E-state index in [-0.39, 0.29) is 0 Å². The topological polar surface area (TPSA) is 33.3 Å². The minimum absolute atomic E-state index is 0.355. The lowest BCUT2D eigenvalue weighted by Crippen LogP contribution is -2.39. The molecular weight excluding hydrogens is 147 g/mol. The van der Waals surface area contributed by atoms with Gasteiger partial charge < -0.3 is 4.74 Å². The van der Waals surface area contributed by atoms with Gasteiger partial charge in [0, 0.05) is 18.5 Å². The van der Waals surface area contributed by atoms with Gasteiger partial charge in [-0.25, -0.2) is 0 Å². The van der Waals surface area contributed by atoms with Gasteiger partial charge >= 0.3 is 0 Å². The molecule has 2 rings (SSSR count). The molecule has 4 heteroatoms. The highest BCUT2D eigenvalue weighted by Gasteiger charge is 2.32. The fourth-order valence-electron chi connectivity index (χ4n) is 1.57. The van der Waals surface area contributed by atoms with Crippen molar-refractivity contribution < 1.29 is 4.74 Å². The number of ether oxygens (including phenoxy) is 1. The van der Waals surface area contributed by atoms with E-state index >= 15 is 0 Å². The summed E-state index contributed by atoms with van der Waals surface area (Å²) in [5, 5.41) is 0. The van der Waals surface area contributed by atoms with Gasteiger partial charge in [-0.15, -0.1) is 9.24 Å². The van der Waals surface area contributed by atoms with Gasteiger partial charge in [0.25, 0.3) is 0 Å². The predicted octanol–water partition coefficient (Wildman–Crippen LogP) is -0.300. The Hall–Kier alpha value is 0.310. The minimum Gasteiger partial charge on any atom is -0.374 e.